The zero-order valence-electron chi connectivity index (χ0n) is 15.2. The van der Waals surface area contributed by atoms with E-state index in [1.165, 1.54) is 31.2 Å². The number of anilines is 1. The zero-order chi connectivity index (χ0) is 19.6. The van der Waals surface area contributed by atoms with Crippen LogP contribution in [0, 0.1) is 0 Å². The van der Waals surface area contributed by atoms with E-state index >= 15 is 8.78 Å². The van der Waals surface area contributed by atoms with Crippen LogP contribution in [-0.4, -0.2) is 32.1 Å². The van der Waals surface area contributed by atoms with E-state index < -0.39 is 11.7 Å². The van der Waals surface area contributed by atoms with Crippen LogP contribution < -0.4 is 5.32 Å². The fourth-order valence-corrected chi connectivity index (χ4v) is 2.73. The minimum Gasteiger partial charge on any atom is -0.385 e. The highest BCUT2D eigenvalue weighted by molar-refractivity contribution is 5.92. The summed E-state index contributed by atoms with van der Waals surface area (Å²) in [7, 11) is 0. The first kappa shape index (κ1) is 18.6. The number of ketones is 1. The number of rotatable bonds is 6. The molecule has 2 aromatic heterocycles. The number of benzene rings is 1. The molecule has 140 valence electrons. The summed E-state index contributed by atoms with van der Waals surface area (Å²) in [5, 5.41) is 14.5. The van der Waals surface area contributed by atoms with E-state index in [1.807, 2.05) is 13.8 Å². The molecular formula is C19H19F2N5O. The van der Waals surface area contributed by atoms with E-state index in [0.717, 1.165) is 10.2 Å². The topological polar surface area (TPSA) is 72.2 Å². The van der Waals surface area contributed by atoms with Crippen LogP contribution in [0.3, 0.4) is 0 Å². The van der Waals surface area contributed by atoms with Crippen LogP contribution in [0.4, 0.5) is 14.5 Å². The highest BCUT2D eigenvalue weighted by Gasteiger charge is 2.40. The Bertz CT molecular complexity index is 1030. The summed E-state index contributed by atoms with van der Waals surface area (Å²) in [6.45, 7) is 5.74. The third-order valence-corrected chi connectivity index (χ3v) is 4.03. The van der Waals surface area contributed by atoms with Gasteiger partial charge in [-0.25, -0.2) is 0 Å². The van der Waals surface area contributed by atoms with Crippen molar-refractivity contribution in [3.05, 3.63) is 59.1 Å². The SMILES string of the molecule is C/C=C\c1cc(C(F)(F)c2nnc3ccc(C(C)=O)nn23)ccc1NCC. The van der Waals surface area contributed by atoms with Crippen LogP contribution in [0.5, 0.6) is 0 Å². The fraction of sp³-hybridized carbons (Fsp3) is 0.263. The van der Waals surface area contributed by atoms with Crippen LogP contribution in [0.25, 0.3) is 11.7 Å². The number of Topliss-reactive ketones (excluding diaryl/α,β-unsaturated/α-hetero) is 1. The molecule has 0 aliphatic rings. The molecule has 0 fully saturated rings. The first-order valence-corrected chi connectivity index (χ1v) is 8.51. The van der Waals surface area contributed by atoms with Crippen molar-refractivity contribution in [2.45, 2.75) is 26.7 Å². The normalized spacial score (nSPS) is 12.0. The smallest absolute Gasteiger partial charge is 0.333 e. The molecule has 1 aromatic carbocycles. The van der Waals surface area contributed by atoms with Gasteiger partial charge in [-0.15, -0.1) is 10.2 Å². The van der Waals surface area contributed by atoms with Gasteiger partial charge in [0, 0.05) is 24.7 Å². The molecule has 0 unspecified atom stereocenters. The monoisotopic (exact) mass is 371 g/mol. The molecule has 6 nitrogen and oxygen atoms in total. The lowest BCUT2D eigenvalue weighted by molar-refractivity contribution is 0.0305. The number of carbonyl (C=O) groups excluding carboxylic acids is 1. The molecule has 0 saturated carbocycles. The number of allylic oxidation sites excluding steroid dienone is 1. The van der Waals surface area contributed by atoms with Gasteiger partial charge in [-0.2, -0.15) is 18.4 Å². The van der Waals surface area contributed by atoms with Crippen LogP contribution >= 0.6 is 0 Å². The molecule has 8 heteroatoms. The van der Waals surface area contributed by atoms with Crippen LogP contribution in [0.1, 0.15) is 48.2 Å². The molecule has 27 heavy (non-hydrogen) atoms. The van der Waals surface area contributed by atoms with Gasteiger partial charge in [0.1, 0.15) is 5.69 Å². The first-order valence-electron chi connectivity index (χ1n) is 8.51. The van der Waals surface area contributed by atoms with Gasteiger partial charge in [0.15, 0.2) is 11.4 Å². The number of hydrogen-bond donors (Lipinski definition) is 1. The number of carbonyl (C=O) groups is 1. The Hall–Kier alpha value is -3.16. The van der Waals surface area contributed by atoms with Gasteiger partial charge in [-0.1, -0.05) is 18.2 Å². The highest BCUT2D eigenvalue weighted by Crippen LogP contribution is 2.36. The van der Waals surface area contributed by atoms with Crippen molar-refractivity contribution >= 4 is 23.2 Å². The van der Waals surface area contributed by atoms with Gasteiger partial charge in [0.25, 0.3) is 0 Å². The van der Waals surface area contributed by atoms with E-state index in [1.54, 1.807) is 18.2 Å². The van der Waals surface area contributed by atoms with E-state index in [9.17, 15) is 4.79 Å². The second kappa shape index (κ2) is 7.22. The first-order chi connectivity index (χ1) is 12.9. The summed E-state index contributed by atoms with van der Waals surface area (Å²) in [6, 6.07) is 7.24. The highest BCUT2D eigenvalue weighted by atomic mass is 19.3. The summed E-state index contributed by atoms with van der Waals surface area (Å²) in [5.74, 6) is -4.41. The molecule has 0 aliphatic heterocycles. The van der Waals surface area contributed by atoms with Crippen LogP contribution in [0.15, 0.2) is 36.4 Å². The Kier molecular flexibility index (Phi) is 4.98. The number of alkyl halides is 2. The average Bonchev–Trinajstić information content (AvgIpc) is 3.07. The van der Waals surface area contributed by atoms with E-state index in [4.69, 9.17) is 0 Å². The van der Waals surface area contributed by atoms with Gasteiger partial charge in [0.05, 0.1) is 0 Å². The molecular weight excluding hydrogens is 352 g/mol. The van der Waals surface area contributed by atoms with Gasteiger partial charge in [-0.05, 0) is 43.7 Å². The van der Waals surface area contributed by atoms with Crippen molar-refractivity contribution in [1.82, 2.24) is 19.8 Å². The summed E-state index contributed by atoms with van der Waals surface area (Å²) < 4.78 is 31.4. The summed E-state index contributed by atoms with van der Waals surface area (Å²) >= 11 is 0. The number of halogens is 2. The lowest BCUT2D eigenvalue weighted by Crippen LogP contribution is -2.21. The molecule has 2 heterocycles. The van der Waals surface area contributed by atoms with E-state index in [0.29, 0.717) is 12.1 Å². The van der Waals surface area contributed by atoms with Gasteiger partial charge in [0.2, 0.25) is 5.82 Å². The maximum atomic E-state index is 15.2. The lowest BCUT2D eigenvalue weighted by Gasteiger charge is -2.17. The molecule has 0 radical (unpaired) electrons. The third-order valence-electron chi connectivity index (χ3n) is 4.03. The van der Waals surface area contributed by atoms with Crippen molar-refractivity contribution in [2.75, 3.05) is 11.9 Å². The Labute approximate surface area is 154 Å². The molecule has 0 bridgehead atoms. The quantitative estimate of drug-likeness (QED) is 0.665. The number of fused-ring (bicyclic) bond motifs is 1. The molecule has 0 atom stereocenters. The molecule has 3 aromatic rings. The molecule has 0 amide bonds. The van der Waals surface area contributed by atoms with Crippen LogP contribution in [0.2, 0.25) is 0 Å². The molecule has 0 saturated heterocycles. The molecule has 1 N–H and O–H groups in total. The summed E-state index contributed by atoms with van der Waals surface area (Å²) in [5.41, 5.74) is 1.38. The summed E-state index contributed by atoms with van der Waals surface area (Å²) in [4.78, 5) is 11.5. The second-order valence-corrected chi connectivity index (χ2v) is 5.98. The predicted molar refractivity (Wildman–Crippen MR) is 99.1 cm³/mol. The van der Waals surface area contributed by atoms with Crippen molar-refractivity contribution in [2.24, 2.45) is 0 Å². The number of nitrogens with one attached hydrogen (secondary N) is 1. The van der Waals surface area contributed by atoms with Crippen molar-refractivity contribution in [3.8, 4) is 0 Å². The zero-order valence-corrected chi connectivity index (χ0v) is 15.2. The number of hydrogen-bond acceptors (Lipinski definition) is 5. The molecule has 3 rings (SSSR count). The second-order valence-electron chi connectivity index (χ2n) is 5.98. The van der Waals surface area contributed by atoms with Gasteiger partial charge >= 0.3 is 5.92 Å². The Balaban J connectivity index is 2.13. The van der Waals surface area contributed by atoms with Crippen molar-refractivity contribution in [1.29, 1.82) is 0 Å². The van der Waals surface area contributed by atoms with E-state index in [2.05, 4.69) is 20.6 Å². The summed E-state index contributed by atoms with van der Waals surface area (Å²) in [6.07, 6.45) is 3.54. The molecule has 0 aliphatic carbocycles. The third kappa shape index (κ3) is 3.42. The van der Waals surface area contributed by atoms with Gasteiger partial charge in [-0.3, -0.25) is 4.79 Å². The maximum Gasteiger partial charge on any atom is 0.333 e. The minimum atomic E-state index is -3.44. The molecule has 0 spiro atoms. The Morgan fingerprint density at radius 2 is 2.04 bits per heavy atom. The van der Waals surface area contributed by atoms with Crippen molar-refractivity contribution < 1.29 is 13.6 Å². The number of aromatic nitrogens is 4. The van der Waals surface area contributed by atoms with E-state index in [-0.39, 0.29) is 22.7 Å². The van der Waals surface area contributed by atoms with Crippen molar-refractivity contribution in [3.63, 3.8) is 0 Å². The Morgan fingerprint density at radius 1 is 1.26 bits per heavy atom. The number of nitrogens with zero attached hydrogens (tertiary/aromatic N) is 4. The minimum absolute atomic E-state index is 0.0662. The Morgan fingerprint density at radius 3 is 2.70 bits per heavy atom. The average molecular weight is 371 g/mol. The lowest BCUT2D eigenvalue weighted by atomic mass is 10.0. The standard InChI is InChI=1S/C19H19F2N5O/c1-4-6-13-11-14(7-8-16(13)22-5-2)19(20,21)18-24-23-17-10-9-15(12(3)27)25-26(17)18/h4,6-11,22H,5H2,1-3H3/b6-4-. The largest absolute Gasteiger partial charge is 0.385 e. The maximum absolute atomic E-state index is 15.2. The van der Waals surface area contributed by atoms with Crippen LogP contribution in [-0.2, 0) is 5.92 Å². The predicted octanol–water partition coefficient (Wildman–Crippen LogP) is 3.93. The fourth-order valence-electron chi connectivity index (χ4n) is 2.73. The van der Waals surface area contributed by atoms with Gasteiger partial charge < -0.3 is 5.32 Å².